The third-order valence-electron chi connectivity index (χ3n) is 5.70. The average Bonchev–Trinajstić information content (AvgIpc) is 3.16. The predicted molar refractivity (Wildman–Crippen MR) is 120 cm³/mol. The van der Waals surface area contributed by atoms with Crippen LogP contribution < -0.4 is 10.9 Å². The van der Waals surface area contributed by atoms with E-state index in [4.69, 9.17) is 8.83 Å². The Hall–Kier alpha value is -3.41. The topological polar surface area (TPSA) is 85.3 Å². The molecular weight excluding hydrogens is 392 g/mol. The van der Waals surface area contributed by atoms with E-state index in [1.54, 1.807) is 18.7 Å². The number of rotatable bonds is 4. The van der Waals surface area contributed by atoms with Gasteiger partial charge in [0.1, 0.15) is 11.2 Å². The number of aromatic nitrogens is 1. The van der Waals surface area contributed by atoms with E-state index < -0.39 is 5.63 Å². The first-order chi connectivity index (χ1) is 14.7. The lowest BCUT2D eigenvalue weighted by Crippen LogP contribution is -2.27. The minimum Gasteiger partial charge on any atom is -0.464 e. The zero-order chi connectivity index (χ0) is 22.3. The second-order valence-electron chi connectivity index (χ2n) is 8.96. The van der Waals surface area contributed by atoms with Crippen molar-refractivity contribution in [2.75, 3.05) is 0 Å². The van der Waals surface area contributed by atoms with Crippen molar-refractivity contribution in [2.24, 2.45) is 0 Å². The predicted octanol–water partition coefficient (Wildman–Crippen LogP) is 4.71. The van der Waals surface area contributed by atoms with Crippen molar-refractivity contribution < 1.29 is 13.6 Å². The van der Waals surface area contributed by atoms with Gasteiger partial charge in [-0.3, -0.25) is 9.78 Å². The maximum absolute atomic E-state index is 12.7. The number of carbonyl (C=O) groups is 1. The van der Waals surface area contributed by atoms with Crippen molar-refractivity contribution in [2.45, 2.75) is 53.0 Å². The summed E-state index contributed by atoms with van der Waals surface area (Å²) < 4.78 is 11.5. The highest BCUT2D eigenvalue weighted by atomic mass is 16.4. The summed E-state index contributed by atoms with van der Waals surface area (Å²) in [5, 5.41) is 4.67. The smallest absolute Gasteiger partial charge is 0.340 e. The lowest BCUT2D eigenvalue weighted by atomic mass is 9.86. The number of fused-ring (bicyclic) bond motifs is 2. The number of hydrogen-bond donors (Lipinski definition) is 1. The Labute approximate surface area is 180 Å². The normalized spacial score (nSPS) is 11.9. The van der Waals surface area contributed by atoms with E-state index in [1.807, 2.05) is 32.0 Å². The summed E-state index contributed by atoms with van der Waals surface area (Å²) in [4.78, 5) is 29.3. The van der Waals surface area contributed by atoms with E-state index >= 15 is 0 Å². The van der Waals surface area contributed by atoms with Crippen LogP contribution in [0.1, 0.15) is 48.6 Å². The molecule has 1 aromatic carbocycles. The molecule has 0 unspecified atom stereocenters. The van der Waals surface area contributed by atoms with Crippen LogP contribution in [0.2, 0.25) is 0 Å². The van der Waals surface area contributed by atoms with Gasteiger partial charge in [-0.15, -0.1) is 0 Å². The van der Waals surface area contributed by atoms with Crippen LogP contribution in [0.3, 0.4) is 0 Å². The molecule has 1 N–H and O–H groups in total. The fourth-order valence-corrected chi connectivity index (χ4v) is 3.91. The zero-order valence-electron chi connectivity index (χ0n) is 18.5. The fraction of sp³-hybridized carbons (Fsp3) is 0.320. The third kappa shape index (κ3) is 3.85. The van der Waals surface area contributed by atoms with Gasteiger partial charge >= 0.3 is 5.63 Å². The second-order valence-corrected chi connectivity index (χ2v) is 8.96. The maximum atomic E-state index is 12.7. The van der Waals surface area contributed by atoms with Gasteiger partial charge in [0.2, 0.25) is 5.91 Å². The quantitative estimate of drug-likeness (QED) is 0.485. The van der Waals surface area contributed by atoms with Crippen molar-refractivity contribution >= 4 is 27.8 Å². The number of hydrogen-bond acceptors (Lipinski definition) is 5. The summed E-state index contributed by atoms with van der Waals surface area (Å²) >= 11 is 0. The molecule has 31 heavy (non-hydrogen) atoms. The van der Waals surface area contributed by atoms with E-state index in [-0.39, 0.29) is 17.7 Å². The van der Waals surface area contributed by atoms with Crippen LogP contribution >= 0.6 is 0 Å². The first-order valence-corrected chi connectivity index (χ1v) is 10.3. The number of amides is 1. The maximum Gasteiger partial charge on any atom is 0.340 e. The number of furan rings is 1. The van der Waals surface area contributed by atoms with E-state index in [2.05, 4.69) is 31.1 Å². The van der Waals surface area contributed by atoms with Crippen LogP contribution in [0.5, 0.6) is 0 Å². The molecule has 4 rings (SSSR count). The van der Waals surface area contributed by atoms with Gasteiger partial charge in [-0.25, -0.2) is 4.79 Å². The lowest BCUT2D eigenvalue weighted by Gasteiger charge is -2.17. The molecule has 3 heterocycles. The Morgan fingerprint density at radius 3 is 2.58 bits per heavy atom. The molecule has 0 aliphatic heterocycles. The highest BCUT2D eigenvalue weighted by Gasteiger charge is 2.24. The second kappa shape index (κ2) is 7.69. The largest absolute Gasteiger partial charge is 0.464 e. The van der Waals surface area contributed by atoms with E-state index in [9.17, 15) is 9.59 Å². The molecule has 0 aliphatic rings. The summed E-state index contributed by atoms with van der Waals surface area (Å²) in [7, 11) is 0. The van der Waals surface area contributed by atoms with Crippen molar-refractivity contribution in [1.82, 2.24) is 10.3 Å². The van der Waals surface area contributed by atoms with Gasteiger partial charge in [0.05, 0.1) is 18.2 Å². The Bertz CT molecular complexity index is 1340. The highest BCUT2D eigenvalue weighted by Crippen LogP contribution is 2.37. The van der Waals surface area contributed by atoms with Crippen LogP contribution in [-0.2, 0) is 23.2 Å². The molecule has 0 saturated carbocycles. The monoisotopic (exact) mass is 418 g/mol. The molecule has 0 saturated heterocycles. The molecule has 6 heteroatoms. The van der Waals surface area contributed by atoms with Gasteiger partial charge in [0, 0.05) is 40.8 Å². The molecule has 4 aromatic rings. The molecule has 0 fully saturated rings. The molecule has 1 amide bonds. The van der Waals surface area contributed by atoms with Gasteiger partial charge in [0.15, 0.2) is 0 Å². The van der Waals surface area contributed by atoms with Crippen LogP contribution in [0.4, 0.5) is 0 Å². The zero-order valence-corrected chi connectivity index (χ0v) is 18.5. The molecule has 160 valence electrons. The van der Waals surface area contributed by atoms with Crippen molar-refractivity contribution in [3.05, 3.63) is 75.1 Å². The van der Waals surface area contributed by atoms with E-state index in [1.165, 1.54) is 0 Å². The van der Waals surface area contributed by atoms with Gasteiger partial charge in [-0.05, 0) is 42.5 Å². The van der Waals surface area contributed by atoms with Crippen molar-refractivity contribution in [3.63, 3.8) is 0 Å². The van der Waals surface area contributed by atoms with Gasteiger partial charge in [-0.2, -0.15) is 0 Å². The molecule has 0 aliphatic carbocycles. The van der Waals surface area contributed by atoms with E-state index in [0.29, 0.717) is 17.7 Å². The molecule has 0 spiro atoms. The Balaban J connectivity index is 1.73. The molecule has 3 aromatic heterocycles. The number of benzene rings is 1. The number of nitrogens with zero attached hydrogens (tertiary/aromatic N) is 1. The molecule has 0 atom stereocenters. The van der Waals surface area contributed by atoms with Crippen LogP contribution in [0, 0.1) is 13.8 Å². The average molecular weight is 418 g/mol. The van der Waals surface area contributed by atoms with Crippen LogP contribution in [0.15, 0.2) is 50.5 Å². The Morgan fingerprint density at radius 1 is 1.13 bits per heavy atom. The van der Waals surface area contributed by atoms with Crippen molar-refractivity contribution in [3.8, 4) is 0 Å². The van der Waals surface area contributed by atoms with Gasteiger partial charge in [0.25, 0.3) is 0 Å². The minimum absolute atomic E-state index is 0.0427. The SMILES string of the molecule is Cc1c(CC(=O)NCc2cccnc2)c(=O)oc2c(C)c3occ(C(C)(C)C)c3cc12. The van der Waals surface area contributed by atoms with Crippen LogP contribution in [-0.4, -0.2) is 10.9 Å². The summed E-state index contributed by atoms with van der Waals surface area (Å²) in [5.74, 6) is -0.241. The number of aryl methyl sites for hydroxylation is 2. The van der Waals surface area contributed by atoms with Crippen LogP contribution in [0.25, 0.3) is 21.9 Å². The lowest BCUT2D eigenvalue weighted by molar-refractivity contribution is -0.120. The first kappa shape index (κ1) is 20.8. The molecular formula is C25H26N2O4. The summed E-state index contributed by atoms with van der Waals surface area (Å²) in [6.45, 7) is 10.5. The standard InChI is InChI=1S/C25H26N2O4/c1-14-17-9-19-20(25(3,4)5)13-30-22(19)15(2)23(17)31-24(29)18(14)10-21(28)27-12-16-7-6-8-26-11-16/h6-9,11,13H,10,12H2,1-5H3,(H,27,28). The van der Waals surface area contributed by atoms with E-state index in [0.717, 1.165) is 38.6 Å². The summed E-state index contributed by atoms with van der Waals surface area (Å²) in [6, 6.07) is 5.71. The third-order valence-corrected chi connectivity index (χ3v) is 5.70. The number of nitrogens with one attached hydrogen (secondary N) is 1. The first-order valence-electron chi connectivity index (χ1n) is 10.3. The molecule has 0 radical (unpaired) electrons. The summed E-state index contributed by atoms with van der Waals surface area (Å²) in [6.07, 6.45) is 5.11. The fourth-order valence-electron chi connectivity index (χ4n) is 3.91. The summed E-state index contributed by atoms with van der Waals surface area (Å²) in [5.41, 5.74) is 4.54. The number of carbonyl (C=O) groups excluding carboxylic acids is 1. The highest BCUT2D eigenvalue weighted by molar-refractivity contribution is 6.00. The van der Waals surface area contributed by atoms with Gasteiger partial charge in [-0.1, -0.05) is 26.8 Å². The molecule has 0 bridgehead atoms. The Kier molecular flexibility index (Phi) is 5.17. The molecule has 6 nitrogen and oxygen atoms in total. The number of pyridine rings is 1. The minimum atomic E-state index is -0.494. The van der Waals surface area contributed by atoms with Gasteiger partial charge < -0.3 is 14.2 Å². The van der Waals surface area contributed by atoms with Crippen molar-refractivity contribution in [1.29, 1.82) is 0 Å². The Morgan fingerprint density at radius 2 is 1.90 bits per heavy atom.